The molecule has 0 spiro atoms. The second-order valence-electron chi connectivity index (χ2n) is 5.39. The van der Waals surface area contributed by atoms with Gasteiger partial charge in [0.15, 0.2) is 0 Å². The molecule has 1 fully saturated rings. The van der Waals surface area contributed by atoms with E-state index in [4.69, 9.17) is 0 Å². The van der Waals surface area contributed by atoms with Crippen LogP contribution in [0.1, 0.15) is 27.6 Å². The van der Waals surface area contributed by atoms with E-state index in [1.54, 1.807) is 11.7 Å². The number of fused-ring (bicyclic) bond motifs is 1. The summed E-state index contributed by atoms with van der Waals surface area (Å²) in [5, 5.41) is 5.60. The van der Waals surface area contributed by atoms with Crippen molar-refractivity contribution < 1.29 is 4.79 Å². The number of benzene rings is 2. The quantitative estimate of drug-likeness (QED) is 0.802. The predicted octanol–water partition coefficient (Wildman–Crippen LogP) is 3.58. The molecule has 1 N–H and O–H groups in total. The summed E-state index contributed by atoms with van der Waals surface area (Å²) in [5.74, 6) is 0.428. The van der Waals surface area contributed by atoms with E-state index in [2.05, 4.69) is 52.8 Å². The molecule has 1 aliphatic carbocycles. The Hall–Kier alpha value is -2.20. The average Bonchev–Trinajstić information content (AvgIpc) is 3.06. The number of amides is 1. The largest absolute Gasteiger partial charge is 0.348 e. The van der Waals surface area contributed by atoms with Crippen LogP contribution in [0.5, 0.6) is 0 Å². The second kappa shape index (κ2) is 4.97. The van der Waals surface area contributed by atoms with Gasteiger partial charge in [0.1, 0.15) is 4.88 Å². The van der Waals surface area contributed by atoms with E-state index in [1.807, 2.05) is 0 Å². The SMILES string of the molecule is O=C(N[C@@H]1C[C@H]1c1ccc2ccccc2c1)c1cncs1. The molecule has 0 unspecified atom stereocenters. The first-order chi connectivity index (χ1) is 10.3. The van der Waals surface area contributed by atoms with Crippen LogP contribution in [-0.2, 0) is 0 Å². The first-order valence-electron chi connectivity index (χ1n) is 6.99. The number of aromatic nitrogens is 1. The highest BCUT2D eigenvalue weighted by Crippen LogP contribution is 2.41. The molecule has 1 aromatic heterocycles. The molecule has 104 valence electrons. The molecule has 2 aromatic carbocycles. The van der Waals surface area contributed by atoms with Crippen molar-refractivity contribution in [3.05, 3.63) is 64.6 Å². The summed E-state index contributed by atoms with van der Waals surface area (Å²) in [4.78, 5) is 16.6. The smallest absolute Gasteiger partial charge is 0.263 e. The number of hydrogen-bond acceptors (Lipinski definition) is 3. The van der Waals surface area contributed by atoms with Crippen molar-refractivity contribution in [2.45, 2.75) is 18.4 Å². The molecule has 1 amide bonds. The van der Waals surface area contributed by atoms with Gasteiger partial charge in [0, 0.05) is 12.0 Å². The molecule has 21 heavy (non-hydrogen) atoms. The van der Waals surface area contributed by atoms with E-state index < -0.39 is 0 Å². The number of rotatable bonds is 3. The number of carbonyl (C=O) groups is 1. The molecule has 4 heteroatoms. The Morgan fingerprint density at radius 3 is 2.86 bits per heavy atom. The van der Waals surface area contributed by atoms with Gasteiger partial charge in [0.2, 0.25) is 0 Å². The Kier molecular flexibility index (Phi) is 2.97. The summed E-state index contributed by atoms with van der Waals surface area (Å²) in [6.07, 6.45) is 2.64. The fraction of sp³-hybridized carbons (Fsp3) is 0.176. The van der Waals surface area contributed by atoms with Crippen LogP contribution in [0.25, 0.3) is 10.8 Å². The van der Waals surface area contributed by atoms with Crippen LogP contribution in [0, 0.1) is 0 Å². The van der Waals surface area contributed by atoms with E-state index in [1.165, 1.54) is 27.7 Å². The van der Waals surface area contributed by atoms with Crippen molar-refractivity contribution in [3.8, 4) is 0 Å². The third-order valence-electron chi connectivity index (χ3n) is 3.96. The lowest BCUT2D eigenvalue weighted by Gasteiger charge is -2.05. The zero-order valence-corrected chi connectivity index (χ0v) is 12.1. The van der Waals surface area contributed by atoms with Gasteiger partial charge in [-0.15, -0.1) is 11.3 Å². The Balaban J connectivity index is 1.49. The normalized spacial score (nSPS) is 20.4. The van der Waals surface area contributed by atoms with Crippen molar-refractivity contribution in [2.75, 3.05) is 0 Å². The number of nitrogens with one attached hydrogen (secondary N) is 1. The third kappa shape index (κ3) is 2.43. The lowest BCUT2D eigenvalue weighted by molar-refractivity contribution is 0.0954. The van der Waals surface area contributed by atoms with E-state index >= 15 is 0 Å². The molecule has 0 saturated heterocycles. The standard InChI is InChI=1S/C17H14N2OS/c20-17(16-9-18-10-21-16)19-15-8-14(15)13-6-5-11-3-1-2-4-12(11)7-13/h1-7,9-10,14-15H,8H2,(H,19,20)/t14-,15+/m0/s1. The van der Waals surface area contributed by atoms with E-state index in [0.29, 0.717) is 10.8 Å². The molecule has 0 aliphatic heterocycles. The zero-order valence-electron chi connectivity index (χ0n) is 11.3. The van der Waals surface area contributed by atoms with Crippen LogP contribution in [-0.4, -0.2) is 16.9 Å². The van der Waals surface area contributed by atoms with Crippen LogP contribution in [0.15, 0.2) is 54.2 Å². The summed E-state index contributed by atoms with van der Waals surface area (Å²) in [6, 6.07) is 15.2. The van der Waals surface area contributed by atoms with Crippen molar-refractivity contribution >= 4 is 28.0 Å². The topological polar surface area (TPSA) is 42.0 Å². The highest BCUT2D eigenvalue weighted by Gasteiger charge is 2.39. The molecule has 4 rings (SSSR count). The number of hydrogen-bond donors (Lipinski definition) is 1. The molecule has 1 saturated carbocycles. The van der Waals surface area contributed by atoms with Crippen molar-refractivity contribution in [1.29, 1.82) is 0 Å². The van der Waals surface area contributed by atoms with Gasteiger partial charge in [-0.3, -0.25) is 9.78 Å². The predicted molar refractivity (Wildman–Crippen MR) is 84.7 cm³/mol. The first-order valence-corrected chi connectivity index (χ1v) is 7.87. The van der Waals surface area contributed by atoms with Crippen LogP contribution < -0.4 is 5.32 Å². The molecular weight excluding hydrogens is 280 g/mol. The maximum atomic E-state index is 12.0. The third-order valence-corrected chi connectivity index (χ3v) is 4.74. The Labute approximate surface area is 126 Å². The van der Waals surface area contributed by atoms with Gasteiger partial charge >= 0.3 is 0 Å². The fourth-order valence-corrected chi connectivity index (χ4v) is 3.25. The molecule has 1 aliphatic rings. The first kappa shape index (κ1) is 12.5. The Bertz CT molecular complexity index is 797. The minimum atomic E-state index is -0.00853. The van der Waals surface area contributed by atoms with Gasteiger partial charge in [-0.1, -0.05) is 42.5 Å². The van der Waals surface area contributed by atoms with Gasteiger partial charge in [0.05, 0.1) is 11.7 Å². The van der Waals surface area contributed by atoms with Gasteiger partial charge in [-0.25, -0.2) is 0 Å². The maximum absolute atomic E-state index is 12.0. The lowest BCUT2D eigenvalue weighted by Crippen LogP contribution is -2.25. The summed E-state index contributed by atoms with van der Waals surface area (Å²) < 4.78 is 0. The van der Waals surface area contributed by atoms with Crippen LogP contribution in [0.3, 0.4) is 0 Å². The average molecular weight is 294 g/mol. The highest BCUT2D eigenvalue weighted by atomic mass is 32.1. The summed E-state index contributed by atoms with van der Waals surface area (Å²) in [6.45, 7) is 0. The summed E-state index contributed by atoms with van der Waals surface area (Å²) in [7, 11) is 0. The summed E-state index contributed by atoms with van der Waals surface area (Å²) in [5.41, 5.74) is 2.99. The molecule has 1 heterocycles. The van der Waals surface area contributed by atoms with Crippen molar-refractivity contribution in [1.82, 2.24) is 10.3 Å². The van der Waals surface area contributed by atoms with Crippen LogP contribution in [0.4, 0.5) is 0 Å². The van der Waals surface area contributed by atoms with Gasteiger partial charge in [-0.2, -0.15) is 0 Å². The number of thiazole rings is 1. The van der Waals surface area contributed by atoms with Crippen molar-refractivity contribution in [3.63, 3.8) is 0 Å². The Morgan fingerprint density at radius 2 is 2.05 bits per heavy atom. The van der Waals surface area contributed by atoms with Crippen LogP contribution >= 0.6 is 11.3 Å². The second-order valence-corrected chi connectivity index (χ2v) is 6.28. The van der Waals surface area contributed by atoms with Crippen LogP contribution in [0.2, 0.25) is 0 Å². The van der Waals surface area contributed by atoms with Gasteiger partial charge in [0.25, 0.3) is 5.91 Å². The van der Waals surface area contributed by atoms with Gasteiger partial charge in [-0.05, 0) is 22.8 Å². The monoisotopic (exact) mass is 294 g/mol. The molecular formula is C17H14N2OS. The molecule has 0 bridgehead atoms. The van der Waals surface area contributed by atoms with E-state index in [-0.39, 0.29) is 11.9 Å². The minimum absolute atomic E-state index is 0.00853. The number of nitrogens with zero attached hydrogens (tertiary/aromatic N) is 1. The van der Waals surface area contributed by atoms with Gasteiger partial charge < -0.3 is 5.32 Å². The van der Waals surface area contributed by atoms with Crippen molar-refractivity contribution in [2.24, 2.45) is 0 Å². The molecule has 0 radical (unpaired) electrons. The zero-order chi connectivity index (χ0) is 14.2. The molecule has 2 atom stereocenters. The lowest BCUT2D eigenvalue weighted by atomic mass is 10.0. The minimum Gasteiger partial charge on any atom is -0.348 e. The molecule has 3 aromatic rings. The van der Waals surface area contributed by atoms with E-state index in [9.17, 15) is 4.79 Å². The summed E-state index contributed by atoms with van der Waals surface area (Å²) >= 11 is 1.38. The Morgan fingerprint density at radius 1 is 1.19 bits per heavy atom. The molecule has 3 nitrogen and oxygen atoms in total. The van der Waals surface area contributed by atoms with E-state index in [0.717, 1.165) is 6.42 Å². The highest BCUT2D eigenvalue weighted by molar-refractivity contribution is 7.11. The number of carbonyl (C=O) groups excluding carboxylic acids is 1. The fourth-order valence-electron chi connectivity index (χ4n) is 2.73. The maximum Gasteiger partial charge on any atom is 0.263 e.